The molecule has 22 heavy (non-hydrogen) atoms. The SMILES string of the molecule is CCc1ccc(S(=O)(=O)Nc2ccc(-c3nn[nH]n3)cc2)s1. The molecule has 0 atom stereocenters. The number of aromatic amines is 1. The first-order valence-electron chi connectivity index (χ1n) is 6.54. The summed E-state index contributed by atoms with van der Waals surface area (Å²) in [7, 11) is -3.55. The van der Waals surface area contributed by atoms with Crippen molar-refractivity contribution >= 4 is 27.0 Å². The molecule has 2 aromatic heterocycles. The standard InChI is InChI=1S/C13H13N5O2S2/c1-2-11-7-8-12(21-11)22(19,20)16-10-5-3-9(4-6-10)13-14-17-18-15-13/h3-8,16H,2H2,1H3,(H,14,15,17,18). The fraction of sp³-hybridized carbons (Fsp3) is 0.154. The van der Waals surface area contributed by atoms with Gasteiger partial charge >= 0.3 is 0 Å². The number of tetrazole rings is 1. The predicted molar refractivity (Wildman–Crippen MR) is 84.1 cm³/mol. The topological polar surface area (TPSA) is 101 Å². The highest BCUT2D eigenvalue weighted by molar-refractivity contribution is 7.94. The van der Waals surface area contributed by atoms with Gasteiger partial charge in [0.1, 0.15) is 4.21 Å². The first kappa shape index (κ1) is 14.7. The van der Waals surface area contributed by atoms with Crippen LogP contribution in [0.2, 0.25) is 0 Å². The lowest BCUT2D eigenvalue weighted by atomic mass is 10.2. The number of aryl methyl sites for hydroxylation is 1. The average molecular weight is 335 g/mol. The van der Waals surface area contributed by atoms with Gasteiger partial charge < -0.3 is 0 Å². The van der Waals surface area contributed by atoms with Gasteiger partial charge in [0.25, 0.3) is 10.0 Å². The van der Waals surface area contributed by atoms with Crippen LogP contribution in [0.4, 0.5) is 5.69 Å². The molecule has 0 fully saturated rings. The number of anilines is 1. The molecule has 0 spiro atoms. The molecule has 2 N–H and O–H groups in total. The van der Waals surface area contributed by atoms with Crippen molar-refractivity contribution in [3.8, 4) is 11.4 Å². The van der Waals surface area contributed by atoms with Crippen molar-refractivity contribution in [2.24, 2.45) is 0 Å². The second kappa shape index (κ2) is 5.85. The Labute approximate surface area is 131 Å². The molecule has 0 saturated heterocycles. The minimum atomic E-state index is -3.55. The van der Waals surface area contributed by atoms with E-state index in [4.69, 9.17) is 0 Å². The van der Waals surface area contributed by atoms with E-state index in [1.165, 1.54) is 11.3 Å². The van der Waals surface area contributed by atoms with Crippen LogP contribution < -0.4 is 4.72 Å². The molecular formula is C13H13N5O2S2. The van der Waals surface area contributed by atoms with Gasteiger partial charge in [-0.1, -0.05) is 6.92 Å². The van der Waals surface area contributed by atoms with Crippen molar-refractivity contribution < 1.29 is 8.42 Å². The molecule has 3 rings (SSSR count). The molecule has 114 valence electrons. The molecule has 0 aliphatic heterocycles. The van der Waals surface area contributed by atoms with Crippen molar-refractivity contribution in [3.63, 3.8) is 0 Å². The third kappa shape index (κ3) is 3.00. The van der Waals surface area contributed by atoms with Crippen molar-refractivity contribution in [1.82, 2.24) is 20.6 Å². The summed E-state index contributed by atoms with van der Waals surface area (Å²) in [4.78, 5) is 1.04. The van der Waals surface area contributed by atoms with Gasteiger partial charge in [-0.15, -0.1) is 21.5 Å². The summed E-state index contributed by atoms with van der Waals surface area (Å²) >= 11 is 1.28. The maximum absolute atomic E-state index is 12.3. The molecule has 0 radical (unpaired) electrons. The van der Waals surface area contributed by atoms with E-state index in [0.29, 0.717) is 15.7 Å². The van der Waals surface area contributed by atoms with Crippen LogP contribution in [-0.2, 0) is 16.4 Å². The van der Waals surface area contributed by atoms with Crippen molar-refractivity contribution in [1.29, 1.82) is 0 Å². The monoisotopic (exact) mass is 335 g/mol. The van der Waals surface area contributed by atoms with Crippen LogP contribution in [0.15, 0.2) is 40.6 Å². The summed E-state index contributed by atoms with van der Waals surface area (Å²) in [5.41, 5.74) is 1.24. The van der Waals surface area contributed by atoms with Gasteiger partial charge in [0, 0.05) is 16.1 Å². The van der Waals surface area contributed by atoms with Gasteiger partial charge in [0.05, 0.1) is 0 Å². The van der Waals surface area contributed by atoms with Crippen molar-refractivity contribution in [2.75, 3.05) is 4.72 Å². The van der Waals surface area contributed by atoms with Crippen LogP contribution in [0.3, 0.4) is 0 Å². The molecular weight excluding hydrogens is 322 g/mol. The zero-order valence-corrected chi connectivity index (χ0v) is 13.3. The predicted octanol–water partition coefficient (Wildman–Crippen LogP) is 2.29. The van der Waals surface area contributed by atoms with Gasteiger partial charge in [-0.05, 0) is 48.0 Å². The molecule has 3 aromatic rings. The first-order valence-corrected chi connectivity index (χ1v) is 8.84. The van der Waals surface area contributed by atoms with E-state index < -0.39 is 10.0 Å². The second-order valence-corrected chi connectivity index (χ2v) is 7.57. The Morgan fingerprint density at radius 2 is 1.95 bits per heavy atom. The fourth-order valence-corrected chi connectivity index (χ4v) is 4.22. The van der Waals surface area contributed by atoms with Gasteiger partial charge in [-0.2, -0.15) is 5.21 Å². The lowest BCUT2D eigenvalue weighted by Gasteiger charge is -2.06. The highest BCUT2D eigenvalue weighted by atomic mass is 32.2. The van der Waals surface area contributed by atoms with Crippen LogP contribution in [-0.4, -0.2) is 29.0 Å². The third-order valence-corrected chi connectivity index (χ3v) is 6.09. The number of H-pyrrole nitrogens is 1. The average Bonchev–Trinajstić information content (AvgIpc) is 3.19. The Kier molecular flexibility index (Phi) is 3.90. The highest BCUT2D eigenvalue weighted by Gasteiger charge is 2.16. The molecule has 7 nitrogen and oxygen atoms in total. The Bertz CT molecular complexity index is 854. The Hall–Kier alpha value is -2.26. The number of aromatic nitrogens is 4. The molecule has 0 unspecified atom stereocenters. The minimum Gasteiger partial charge on any atom is -0.279 e. The molecule has 0 bridgehead atoms. The molecule has 9 heteroatoms. The normalized spacial score (nSPS) is 11.5. The Morgan fingerprint density at radius 1 is 1.18 bits per heavy atom. The van der Waals surface area contributed by atoms with Gasteiger partial charge in [-0.3, -0.25) is 4.72 Å². The van der Waals surface area contributed by atoms with E-state index in [2.05, 4.69) is 25.3 Å². The van der Waals surface area contributed by atoms with Gasteiger partial charge in [-0.25, -0.2) is 8.42 Å². The zero-order chi connectivity index (χ0) is 15.6. The fourth-order valence-electron chi connectivity index (χ4n) is 1.87. The lowest BCUT2D eigenvalue weighted by Crippen LogP contribution is -2.11. The zero-order valence-electron chi connectivity index (χ0n) is 11.6. The number of nitrogens with one attached hydrogen (secondary N) is 2. The Balaban J connectivity index is 1.80. The van der Waals surface area contributed by atoms with Crippen LogP contribution in [0.25, 0.3) is 11.4 Å². The molecule has 0 saturated carbocycles. The number of hydrogen-bond donors (Lipinski definition) is 2. The van der Waals surface area contributed by atoms with E-state index in [1.807, 2.05) is 13.0 Å². The van der Waals surface area contributed by atoms with Crippen LogP contribution >= 0.6 is 11.3 Å². The highest BCUT2D eigenvalue weighted by Crippen LogP contribution is 2.25. The van der Waals surface area contributed by atoms with E-state index >= 15 is 0 Å². The first-order chi connectivity index (χ1) is 10.6. The molecule has 2 heterocycles. The molecule has 0 aliphatic rings. The van der Waals surface area contributed by atoms with Crippen molar-refractivity contribution in [3.05, 3.63) is 41.3 Å². The maximum Gasteiger partial charge on any atom is 0.271 e. The van der Waals surface area contributed by atoms with Crippen LogP contribution in [0.5, 0.6) is 0 Å². The summed E-state index contributed by atoms with van der Waals surface area (Å²) in [6.07, 6.45) is 0.819. The van der Waals surface area contributed by atoms with Crippen molar-refractivity contribution in [2.45, 2.75) is 17.6 Å². The van der Waals surface area contributed by atoms with E-state index in [9.17, 15) is 8.42 Å². The summed E-state index contributed by atoms with van der Waals surface area (Å²) in [6, 6.07) is 10.2. The smallest absolute Gasteiger partial charge is 0.271 e. The number of thiophene rings is 1. The minimum absolute atomic E-state index is 0.312. The van der Waals surface area contributed by atoms with Crippen LogP contribution in [0, 0.1) is 0 Å². The number of sulfonamides is 1. The molecule has 1 aromatic carbocycles. The second-order valence-electron chi connectivity index (χ2n) is 4.49. The Morgan fingerprint density at radius 3 is 2.55 bits per heavy atom. The molecule has 0 amide bonds. The number of hydrogen-bond acceptors (Lipinski definition) is 6. The number of benzene rings is 1. The summed E-state index contributed by atoms with van der Waals surface area (Å²) in [5.74, 6) is 0.459. The number of nitrogens with zero attached hydrogens (tertiary/aromatic N) is 3. The summed E-state index contributed by atoms with van der Waals surface area (Å²) in [5, 5.41) is 13.6. The lowest BCUT2D eigenvalue weighted by molar-refractivity contribution is 0.603. The molecule has 0 aliphatic carbocycles. The maximum atomic E-state index is 12.3. The van der Waals surface area contributed by atoms with Gasteiger partial charge in [0.15, 0.2) is 0 Å². The van der Waals surface area contributed by atoms with Crippen LogP contribution in [0.1, 0.15) is 11.8 Å². The van der Waals surface area contributed by atoms with E-state index in [-0.39, 0.29) is 0 Å². The largest absolute Gasteiger partial charge is 0.279 e. The van der Waals surface area contributed by atoms with E-state index in [1.54, 1.807) is 30.3 Å². The third-order valence-electron chi connectivity index (χ3n) is 2.99. The number of rotatable bonds is 5. The van der Waals surface area contributed by atoms with Gasteiger partial charge in [0.2, 0.25) is 5.82 Å². The quantitative estimate of drug-likeness (QED) is 0.745. The van der Waals surface area contributed by atoms with E-state index in [0.717, 1.165) is 16.9 Å². The summed E-state index contributed by atoms with van der Waals surface area (Å²) in [6.45, 7) is 1.99. The summed E-state index contributed by atoms with van der Waals surface area (Å²) < 4.78 is 27.5.